The first-order valence-corrected chi connectivity index (χ1v) is 10.3. The van der Waals surface area contributed by atoms with Gasteiger partial charge in [0.05, 0.1) is 11.1 Å². The molecule has 3 aromatic heterocycles. The molecular formula is C19H17N5O2S2. The molecule has 9 heteroatoms. The molecule has 3 heterocycles. The van der Waals surface area contributed by atoms with Gasteiger partial charge in [0, 0.05) is 15.8 Å². The van der Waals surface area contributed by atoms with E-state index in [2.05, 4.69) is 20.6 Å². The number of nitrogens with one attached hydrogen (secondary N) is 1. The van der Waals surface area contributed by atoms with Crippen molar-refractivity contribution in [2.24, 2.45) is 0 Å². The Morgan fingerprint density at radius 3 is 2.71 bits per heavy atom. The number of carbonyl (C=O) groups is 1. The van der Waals surface area contributed by atoms with E-state index >= 15 is 0 Å². The van der Waals surface area contributed by atoms with Crippen LogP contribution in [0.2, 0.25) is 0 Å². The molecule has 0 saturated carbocycles. The van der Waals surface area contributed by atoms with Crippen molar-refractivity contribution in [2.75, 3.05) is 5.32 Å². The lowest BCUT2D eigenvalue weighted by molar-refractivity contribution is -0.119. The Hall–Kier alpha value is -2.91. The highest BCUT2D eigenvalue weighted by Gasteiger charge is 2.22. The fraction of sp³-hybridized carbons (Fsp3) is 0.211. The lowest BCUT2D eigenvalue weighted by Gasteiger charge is -2.12. The summed E-state index contributed by atoms with van der Waals surface area (Å²) < 4.78 is 1.13. The maximum absolute atomic E-state index is 12.8. The molecule has 1 atom stereocenters. The van der Waals surface area contributed by atoms with Gasteiger partial charge in [0.2, 0.25) is 0 Å². The largest absolute Gasteiger partial charge is 0.300 e. The Kier molecular flexibility index (Phi) is 4.78. The third-order valence-electron chi connectivity index (χ3n) is 4.57. The summed E-state index contributed by atoms with van der Waals surface area (Å²) in [6.07, 6.45) is 0. The molecule has 0 aliphatic carbocycles. The van der Waals surface area contributed by atoms with Crippen LogP contribution in [0.4, 0.5) is 5.13 Å². The first-order valence-electron chi connectivity index (χ1n) is 8.62. The molecule has 0 fully saturated rings. The maximum Gasteiger partial charge on any atom is 0.279 e. The summed E-state index contributed by atoms with van der Waals surface area (Å²) in [6.45, 7) is 5.44. The third-order valence-corrected chi connectivity index (χ3v) is 6.42. The Balaban J connectivity index is 1.58. The number of amides is 1. The molecule has 0 aliphatic heterocycles. The fourth-order valence-electron chi connectivity index (χ4n) is 2.82. The second kappa shape index (κ2) is 7.25. The SMILES string of the molecule is Cc1sc2nnn(C(C)C(=O)Nc3nc(-c4ccccc4)cs3)c(=O)c2c1C. The number of fused-ring (bicyclic) bond motifs is 1. The van der Waals surface area contributed by atoms with Crippen molar-refractivity contribution < 1.29 is 4.79 Å². The summed E-state index contributed by atoms with van der Waals surface area (Å²) in [5.41, 5.74) is 2.34. The molecule has 0 spiro atoms. The lowest BCUT2D eigenvalue weighted by atomic mass is 10.2. The first kappa shape index (κ1) is 18.5. The predicted octanol–water partition coefficient (Wildman–Crippen LogP) is 3.79. The van der Waals surface area contributed by atoms with Gasteiger partial charge in [0.1, 0.15) is 6.04 Å². The molecule has 4 rings (SSSR count). The van der Waals surface area contributed by atoms with Crippen molar-refractivity contribution in [1.82, 2.24) is 20.0 Å². The molecule has 7 nitrogen and oxygen atoms in total. The number of thiophene rings is 1. The molecule has 142 valence electrons. The molecule has 0 radical (unpaired) electrons. The van der Waals surface area contributed by atoms with Crippen LogP contribution in [0.1, 0.15) is 23.4 Å². The highest BCUT2D eigenvalue weighted by molar-refractivity contribution is 7.18. The average Bonchev–Trinajstić information content (AvgIpc) is 3.27. The van der Waals surface area contributed by atoms with Crippen molar-refractivity contribution in [3.63, 3.8) is 0 Å². The van der Waals surface area contributed by atoms with Crippen LogP contribution in [-0.4, -0.2) is 25.9 Å². The fourth-order valence-corrected chi connectivity index (χ4v) is 4.51. The van der Waals surface area contributed by atoms with Gasteiger partial charge in [-0.25, -0.2) is 4.98 Å². The van der Waals surface area contributed by atoms with E-state index in [4.69, 9.17) is 0 Å². The summed E-state index contributed by atoms with van der Waals surface area (Å²) in [7, 11) is 0. The Labute approximate surface area is 168 Å². The zero-order valence-electron chi connectivity index (χ0n) is 15.5. The number of aromatic nitrogens is 4. The number of hydrogen-bond donors (Lipinski definition) is 1. The number of thiazole rings is 1. The van der Waals surface area contributed by atoms with E-state index in [0.29, 0.717) is 15.3 Å². The molecule has 28 heavy (non-hydrogen) atoms. The minimum absolute atomic E-state index is 0.307. The smallest absolute Gasteiger partial charge is 0.279 e. The van der Waals surface area contributed by atoms with Crippen molar-refractivity contribution >= 4 is 43.9 Å². The second-order valence-electron chi connectivity index (χ2n) is 6.37. The summed E-state index contributed by atoms with van der Waals surface area (Å²) >= 11 is 2.76. The molecule has 1 aromatic carbocycles. The van der Waals surface area contributed by atoms with Gasteiger partial charge in [0.25, 0.3) is 11.5 Å². The average molecular weight is 412 g/mol. The van der Waals surface area contributed by atoms with Gasteiger partial charge in [-0.1, -0.05) is 35.5 Å². The van der Waals surface area contributed by atoms with E-state index in [1.807, 2.05) is 49.6 Å². The zero-order chi connectivity index (χ0) is 19.8. The van der Waals surface area contributed by atoms with Gasteiger partial charge in [-0.2, -0.15) is 4.68 Å². The van der Waals surface area contributed by atoms with Crippen LogP contribution in [0.15, 0.2) is 40.5 Å². The van der Waals surface area contributed by atoms with E-state index in [9.17, 15) is 9.59 Å². The van der Waals surface area contributed by atoms with Gasteiger partial charge < -0.3 is 5.32 Å². The normalized spacial score (nSPS) is 12.2. The van der Waals surface area contributed by atoms with E-state index in [-0.39, 0.29) is 11.5 Å². The van der Waals surface area contributed by atoms with Crippen molar-refractivity contribution in [1.29, 1.82) is 0 Å². The predicted molar refractivity (Wildman–Crippen MR) is 112 cm³/mol. The van der Waals surface area contributed by atoms with Crippen LogP contribution < -0.4 is 10.9 Å². The Morgan fingerprint density at radius 2 is 1.96 bits per heavy atom. The van der Waals surface area contributed by atoms with Gasteiger partial charge in [-0.05, 0) is 26.3 Å². The van der Waals surface area contributed by atoms with Crippen molar-refractivity contribution in [3.8, 4) is 11.3 Å². The van der Waals surface area contributed by atoms with Gasteiger partial charge in [0.15, 0.2) is 9.96 Å². The summed E-state index contributed by atoms with van der Waals surface area (Å²) in [6, 6.07) is 8.91. The highest BCUT2D eigenvalue weighted by atomic mass is 32.1. The monoisotopic (exact) mass is 411 g/mol. The van der Waals surface area contributed by atoms with E-state index < -0.39 is 6.04 Å². The molecular weight excluding hydrogens is 394 g/mol. The van der Waals surface area contributed by atoms with Crippen LogP contribution in [0, 0.1) is 13.8 Å². The van der Waals surface area contributed by atoms with Gasteiger partial charge in [-0.15, -0.1) is 27.8 Å². The molecule has 1 N–H and O–H groups in total. The molecule has 0 aliphatic rings. The highest BCUT2D eigenvalue weighted by Crippen LogP contribution is 2.26. The van der Waals surface area contributed by atoms with Crippen LogP contribution in [0.5, 0.6) is 0 Å². The molecule has 1 amide bonds. The van der Waals surface area contributed by atoms with Crippen LogP contribution in [0.3, 0.4) is 0 Å². The van der Waals surface area contributed by atoms with E-state index in [0.717, 1.165) is 26.4 Å². The zero-order valence-corrected chi connectivity index (χ0v) is 17.1. The third kappa shape index (κ3) is 3.23. The van der Waals surface area contributed by atoms with Crippen molar-refractivity contribution in [3.05, 3.63) is 56.5 Å². The topological polar surface area (TPSA) is 89.8 Å². The maximum atomic E-state index is 12.8. The number of aryl methyl sites for hydroxylation is 2. The molecule has 4 aromatic rings. The summed E-state index contributed by atoms with van der Waals surface area (Å²) in [4.78, 5) is 31.6. The van der Waals surface area contributed by atoms with Gasteiger partial charge in [-0.3, -0.25) is 9.59 Å². The minimum atomic E-state index is -0.812. The number of benzene rings is 1. The van der Waals surface area contributed by atoms with Crippen LogP contribution in [0.25, 0.3) is 21.5 Å². The number of anilines is 1. The summed E-state index contributed by atoms with van der Waals surface area (Å²) in [5, 5.41) is 13.7. The number of carbonyl (C=O) groups excluding carboxylic acids is 1. The number of hydrogen-bond acceptors (Lipinski definition) is 7. The number of rotatable bonds is 4. The van der Waals surface area contributed by atoms with Gasteiger partial charge >= 0.3 is 0 Å². The first-order chi connectivity index (χ1) is 13.5. The second-order valence-corrected chi connectivity index (χ2v) is 8.43. The van der Waals surface area contributed by atoms with E-state index in [1.165, 1.54) is 22.7 Å². The standard InChI is InChI=1S/C19H17N5O2S2/c1-10-12(3)28-17-15(10)18(26)24(23-22-17)11(2)16(25)21-19-20-14(9-27-19)13-7-5-4-6-8-13/h4-9,11H,1-3H3,(H,20,21,25). The lowest BCUT2D eigenvalue weighted by Crippen LogP contribution is -2.34. The van der Waals surface area contributed by atoms with Crippen LogP contribution >= 0.6 is 22.7 Å². The summed E-state index contributed by atoms with van der Waals surface area (Å²) in [5.74, 6) is -0.366. The molecule has 0 saturated heterocycles. The molecule has 0 bridgehead atoms. The van der Waals surface area contributed by atoms with Crippen LogP contribution in [-0.2, 0) is 4.79 Å². The van der Waals surface area contributed by atoms with Crippen molar-refractivity contribution in [2.45, 2.75) is 26.8 Å². The minimum Gasteiger partial charge on any atom is -0.300 e. The van der Waals surface area contributed by atoms with E-state index in [1.54, 1.807) is 6.92 Å². The Bertz CT molecular complexity index is 1230. The quantitative estimate of drug-likeness (QED) is 0.552. The number of nitrogens with zero attached hydrogens (tertiary/aromatic N) is 4. The molecule has 1 unspecified atom stereocenters. The Morgan fingerprint density at radius 1 is 1.21 bits per heavy atom.